The van der Waals surface area contributed by atoms with E-state index < -0.39 is 0 Å². The van der Waals surface area contributed by atoms with Crippen molar-refractivity contribution in [1.82, 2.24) is 10.6 Å². The van der Waals surface area contributed by atoms with Crippen LogP contribution < -0.4 is 20.1 Å². The second kappa shape index (κ2) is 10.3. The van der Waals surface area contributed by atoms with Gasteiger partial charge in [0.2, 0.25) is 0 Å². The lowest BCUT2D eigenvalue weighted by Gasteiger charge is -2.14. The van der Waals surface area contributed by atoms with Gasteiger partial charge in [0.15, 0.2) is 17.5 Å². The van der Waals surface area contributed by atoms with Gasteiger partial charge in [0.25, 0.3) is 0 Å². The third kappa shape index (κ3) is 5.95. The van der Waals surface area contributed by atoms with Gasteiger partial charge in [-0.25, -0.2) is 4.39 Å². The fraction of sp³-hybridized carbons (Fsp3) is 0.350. The summed E-state index contributed by atoms with van der Waals surface area (Å²) >= 11 is 0. The van der Waals surface area contributed by atoms with E-state index in [1.54, 1.807) is 20.2 Å². The van der Waals surface area contributed by atoms with Crippen LogP contribution in [-0.2, 0) is 13.1 Å². The SMILES string of the molecule is CCCOc1ccc(CNC(=NC)NCc2cccc(F)c2)cc1OC. The van der Waals surface area contributed by atoms with Gasteiger partial charge in [-0.1, -0.05) is 25.1 Å². The van der Waals surface area contributed by atoms with Gasteiger partial charge in [-0.05, 0) is 41.8 Å². The molecule has 0 unspecified atom stereocenters. The second-order valence-corrected chi connectivity index (χ2v) is 5.74. The van der Waals surface area contributed by atoms with Crippen molar-refractivity contribution in [1.29, 1.82) is 0 Å². The number of nitrogens with zero attached hydrogens (tertiary/aromatic N) is 1. The number of hydrogen-bond donors (Lipinski definition) is 2. The topological polar surface area (TPSA) is 54.9 Å². The van der Waals surface area contributed by atoms with Crippen LogP contribution in [0.4, 0.5) is 4.39 Å². The molecule has 2 aromatic rings. The Labute approximate surface area is 154 Å². The Morgan fingerprint density at radius 3 is 2.38 bits per heavy atom. The molecule has 0 aromatic heterocycles. The second-order valence-electron chi connectivity index (χ2n) is 5.74. The summed E-state index contributed by atoms with van der Waals surface area (Å²) in [5, 5.41) is 6.40. The highest BCUT2D eigenvalue weighted by Gasteiger charge is 2.06. The van der Waals surface area contributed by atoms with Crippen molar-refractivity contribution in [2.75, 3.05) is 20.8 Å². The third-order valence-electron chi connectivity index (χ3n) is 3.72. The summed E-state index contributed by atoms with van der Waals surface area (Å²) in [6.07, 6.45) is 0.944. The fourth-order valence-electron chi connectivity index (χ4n) is 2.39. The number of benzene rings is 2. The van der Waals surface area contributed by atoms with E-state index in [4.69, 9.17) is 9.47 Å². The van der Waals surface area contributed by atoms with Crippen LogP contribution in [0.15, 0.2) is 47.5 Å². The Bertz CT molecular complexity index is 735. The number of ether oxygens (including phenoxy) is 2. The average Bonchev–Trinajstić information content (AvgIpc) is 2.66. The van der Waals surface area contributed by atoms with Crippen molar-refractivity contribution >= 4 is 5.96 Å². The third-order valence-corrected chi connectivity index (χ3v) is 3.72. The van der Waals surface area contributed by atoms with E-state index in [1.165, 1.54) is 12.1 Å². The summed E-state index contributed by atoms with van der Waals surface area (Å²) in [4.78, 5) is 4.19. The molecule has 0 aliphatic carbocycles. The van der Waals surface area contributed by atoms with E-state index in [0.29, 0.717) is 31.4 Å². The van der Waals surface area contributed by atoms with Crippen molar-refractivity contribution in [3.8, 4) is 11.5 Å². The van der Waals surface area contributed by atoms with Crippen molar-refractivity contribution in [3.63, 3.8) is 0 Å². The Morgan fingerprint density at radius 1 is 1.04 bits per heavy atom. The molecule has 0 fully saturated rings. The zero-order valence-electron chi connectivity index (χ0n) is 15.5. The van der Waals surface area contributed by atoms with Crippen molar-refractivity contribution in [2.45, 2.75) is 26.4 Å². The van der Waals surface area contributed by atoms with E-state index >= 15 is 0 Å². The van der Waals surface area contributed by atoms with Crippen LogP contribution in [-0.4, -0.2) is 26.7 Å². The zero-order valence-corrected chi connectivity index (χ0v) is 15.5. The molecule has 0 aliphatic rings. The monoisotopic (exact) mass is 359 g/mol. The van der Waals surface area contributed by atoms with Crippen LogP contribution in [0.2, 0.25) is 0 Å². The Morgan fingerprint density at radius 2 is 1.77 bits per heavy atom. The van der Waals surface area contributed by atoms with Crippen molar-refractivity contribution < 1.29 is 13.9 Å². The van der Waals surface area contributed by atoms with E-state index in [0.717, 1.165) is 23.3 Å². The smallest absolute Gasteiger partial charge is 0.191 e. The molecule has 2 aromatic carbocycles. The van der Waals surface area contributed by atoms with Crippen LogP contribution in [0, 0.1) is 5.82 Å². The van der Waals surface area contributed by atoms with Gasteiger partial charge in [0.1, 0.15) is 5.82 Å². The van der Waals surface area contributed by atoms with Crippen LogP contribution in [0.3, 0.4) is 0 Å². The first-order chi connectivity index (χ1) is 12.7. The number of aliphatic imine (C=N–C) groups is 1. The molecule has 0 radical (unpaired) electrons. The minimum absolute atomic E-state index is 0.246. The Kier molecular flexibility index (Phi) is 7.74. The lowest BCUT2D eigenvalue weighted by atomic mass is 10.2. The molecular weight excluding hydrogens is 333 g/mol. The largest absolute Gasteiger partial charge is 0.493 e. The van der Waals surface area contributed by atoms with E-state index in [9.17, 15) is 4.39 Å². The molecule has 0 bridgehead atoms. The average molecular weight is 359 g/mol. The summed E-state index contributed by atoms with van der Waals surface area (Å²) in [6, 6.07) is 12.3. The lowest BCUT2D eigenvalue weighted by molar-refractivity contribution is 0.294. The van der Waals surface area contributed by atoms with Crippen molar-refractivity contribution in [3.05, 3.63) is 59.4 Å². The first-order valence-electron chi connectivity index (χ1n) is 8.65. The summed E-state index contributed by atoms with van der Waals surface area (Å²) < 4.78 is 24.3. The molecule has 0 saturated heterocycles. The molecule has 6 heteroatoms. The Balaban J connectivity index is 1.91. The van der Waals surface area contributed by atoms with E-state index in [-0.39, 0.29) is 5.82 Å². The lowest BCUT2D eigenvalue weighted by Crippen LogP contribution is -2.36. The first-order valence-corrected chi connectivity index (χ1v) is 8.65. The van der Waals surface area contributed by atoms with Crippen LogP contribution >= 0.6 is 0 Å². The standard InChI is InChI=1S/C20H26FN3O2/c1-4-10-26-18-9-8-16(12-19(18)25-3)14-24-20(22-2)23-13-15-6-5-7-17(21)11-15/h5-9,11-12H,4,10,13-14H2,1-3H3,(H2,22,23,24). The molecule has 0 heterocycles. The molecule has 0 atom stereocenters. The highest BCUT2D eigenvalue weighted by molar-refractivity contribution is 5.79. The van der Waals surface area contributed by atoms with Crippen LogP contribution in [0.1, 0.15) is 24.5 Å². The zero-order chi connectivity index (χ0) is 18.8. The molecule has 2 rings (SSSR count). The van der Waals surface area contributed by atoms with Gasteiger partial charge in [0.05, 0.1) is 13.7 Å². The van der Waals surface area contributed by atoms with Gasteiger partial charge in [-0.15, -0.1) is 0 Å². The quantitative estimate of drug-likeness (QED) is 0.560. The maximum atomic E-state index is 13.2. The molecule has 2 N–H and O–H groups in total. The van der Waals surface area contributed by atoms with Crippen molar-refractivity contribution in [2.24, 2.45) is 4.99 Å². The Hall–Kier alpha value is -2.76. The summed E-state index contributed by atoms with van der Waals surface area (Å²) in [5.41, 5.74) is 1.89. The summed E-state index contributed by atoms with van der Waals surface area (Å²) in [5.74, 6) is 1.84. The van der Waals surface area contributed by atoms with Crippen LogP contribution in [0.5, 0.6) is 11.5 Å². The molecule has 26 heavy (non-hydrogen) atoms. The van der Waals surface area contributed by atoms with Crippen LogP contribution in [0.25, 0.3) is 0 Å². The predicted molar refractivity (Wildman–Crippen MR) is 102 cm³/mol. The number of halogens is 1. The number of rotatable bonds is 8. The highest BCUT2D eigenvalue weighted by Crippen LogP contribution is 2.28. The molecular formula is C20H26FN3O2. The fourth-order valence-corrected chi connectivity index (χ4v) is 2.39. The summed E-state index contributed by atoms with van der Waals surface area (Å²) in [6.45, 7) is 3.79. The minimum atomic E-state index is -0.246. The molecule has 140 valence electrons. The van der Waals surface area contributed by atoms with E-state index in [2.05, 4.69) is 22.5 Å². The molecule has 0 saturated carbocycles. The van der Waals surface area contributed by atoms with Gasteiger partial charge >= 0.3 is 0 Å². The molecule has 0 aliphatic heterocycles. The van der Waals surface area contributed by atoms with Gasteiger partial charge in [0, 0.05) is 20.1 Å². The molecule has 0 amide bonds. The summed E-state index contributed by atoms with van der Waals surface area (Å²) in [7, 11) is 3.33. The number of hydrogen-bond acceptors (Lipinski definition) is 3. The maximum absolute atomic E-state index is 13.2. The van der Waals surface area contributed by atoms with Gasteiger partial charge < -0.3 is 20.1 Å². The minimum Gasteiger partial charge on any atom is -0.493 e. The normalized spacial score (nSPS) is 11.2. The maximum Gasteiger partial charge on any atom is 0.191 e. The molecule has 0 spiro atoms. The highest BCUT2D eigenvalue weighted by atomic mass is 19.1. The van der Waals surface area contributed by atoms with E-state index in [1.807, 2.05) is 24.3 Å². The predicted octanol–water partition coefficient (Wildman–Crippen LogP) is 3.49. The number of nitrogens with one attached hydrogen (secondary N) is 2. The first kappa shape index (κ1) is 19.6. The van der Waals surface area contributed by atoms with Gasteiger partial charge in [-0.2, -0.15) is 0 Å². The molecule has 5 nitrogen and oxygen atoms in total. The van der Waals surface area contributed by atoms with Gasteiger partial charge in [-0.3, -0.25) is 4.99 Å². The number of methoxy groups -OCH3 is 1. The number of guanidine groups is 1.